The first-order chi connectivity index (χ1) is 8.09. The average Bonchev–Trinajstić information content (AvgIpc) is 2.24. The number of benzene rings is 1. The van der Waals surface area contributed by atoms with E-state index >= 15 is 0 Å². The first-order valence-corrected chi connectivity index (χ1v) is 8.76. The number of aliphatic hydroxyl groups excluding tert-OH is 1. The second-order valence-electron chi connectivity index (χ2n) is 4.01. The first kappa shape index (κ1) is 15.1. The molecule has 1 aromatic carbocycles. The molecule has 0 heterocycles. The number of nitrogens with two attached hydrogens (primary N) is 1. The van der Waals surface area contributed by atoms with Gasteiger partial charge in [0.1, 0.15) is 0 Å². The zero-order chi connectivity index (χ0) is 14.1. The van der Waals surface area contributed by atoms with Gasteiger partial charge in [0.25, 0.3) is 0 Å². The van der Waals surface area contributed by atoms with Gasteiger partial charge in [-0.3, -0.25) is 0 Å². The van der Waals surface area contributed by atoms with Gasteiger partial charge in [0.2, 0.25) is 0 Å². The van der Waals surface area contributed by atoms with Gasteiger partial charge in [0.05, 0.1) is 22.4 Å². The summed E-state index contributed by atoms with van der Waals surface area (Å²) in [6.45, 7) is -0.476. The molecular weight excluding hydrogens is 278 g/mol. The molecule has 0 saturated heterocycles. The maximum absolute atomic E-state index is 11.7. The standard InChI is InChI=1S/C10H15NO5S2/c1-17(13,14)9-5-3-4-7(8(11)6-12)10(9)18(2,15)16/h3-5,8,12H,6,11H2,1-2H3. The molecule has 0 aliphatic heterocycles. The van der Waals surface area contributed by atoms with Crippen LogP contribution >= 0.6 is 0 Å². The normalized spacial score (nSPS) is 14.4. The Bertz CT molecular complexity index is 649. The highest BCUT2D eigenvalue weighted by Crippen LogP contribution is 2.28. The van der Waals surface area contributed by atoms with Gasteiger partial charge in [-0.05, 0) is 11.6 Å². The topological polar surface area (TPSA) is 115 Å². The molecule has 0 spiro atoms. The molecule has 1 rings (SSSR count). The zero-order valence-electron chi connectivity index (χ0n) is 9.99. The van der Waals surface area contributed by atoms with Crippen LogP contribution in [0, 0.1) is 0 Å². The first-order valence-electron chi connectivity index (χ1n) is 4.98. The Kier molecular flexibility index (Phi) is 4.16. The van der Waals surface area contributed by atoms with Crippen LogP contribution in [-0.4, -0.2) is 41.1 Å². The summed E-state index contributed by atoms with van der Waals surface area (Å²) in [4.78, 5) is -0.638. The minimum atomic E-state index is -3.77. The highest BCUT2D eigenvalue weighted by molar-refractivity contribution is 7.93. The van der Waals surface area contributed by atoms with Gasteiger partial charge in [-0.15, -0.1) is 0 Å². The van der Waals surface area contributed by atoms with Crippen molar-refractivity contribution in [3.63, 3.8) is 0 Å². The molecule has 1 aromatic rings. The number of aliphatic hydroxyl groups is 1. The van der Waals surface area contributed by atoms with Crippen LogP contribution in [0.4, 0.5) is 0 Å². The van der Waals surface area contributed by atoms with Crippen LogP contribution in [0.2, 0.25) is 0 Å². The van der Waals surface area contributed by atoms with E-state index in [1.165, 1.54) is 18.2 Å². The molecule has 0 saturated carbocycles. The molecule has 0 bridgehead atoms. The number of hydrogen-bond acceptors (Lipinski definition) is 6. The summed E-state index contributed by atoms with van der Waals surface area (Å²) < 4.78 is 46.7. The predicted molar refractivity (Wildman–Crippen MR) is 66.7 cm³/mol. The lowest BCUT2D eigenvalue weighted by atomic mass is 10.1. The smallest absolute Gasteiger partial charge is 0.177 e. The molecule has 1 atom stereocenters. The van der Waals surface area contributed by atoms with Gasteiger partial charge in [-0.1, -0.05) is 12.1 Å². The Labute approximate surface area is 106 Å². The summed E-state index contributed by atoms with van der Waals surface area (Å²) in [5.41, 5.74) is 5.69. The van der Waals surface area contributed by atoms with Crippen molar-refractivity contribution in [1.82, 2.24) is 0 Å². The van der Waals surface area contributed by atoms with Crippen molar-refractivity contribution in [1.29, 1.82) is 0 Å². The minimum Gasteiger partial charge on any atom is -0.394 e. The molecular formula is C10H15NO5S2. The van der Waals surface area contributed by atoms with E-state index in [4.69, 9.17) is 10.8 Å². The molecule has 1 unspecified atom stereocenters. The van der Waals surface area contributed by atoms with Gasteiger partial charge in [0, 0.05) is 12.5 Å². The van der Waals surface area contributed by atoms with E-state index in [0.717, 1.165) is 12.5 Å². The van der Waals surface area contributed by atoms with E-state index < -0.39 is 32.3 Å². The van der Waals surface area contributed by atoms with Crippen molar-refractivity contribution >= 4 is 19.7 Å². The fourth-order valence-electron chi connectivity index (χ4n) is 1.61. The molecule has 102 valence electrons. The Morgan fingerprint density at radius 1 is 1.17 bits per heavy atom. The monoisotopic (exact) mass is 293 g/mol. The van der Waals surface area contributed by atoms with Gasteiger partial charge >= 0.3 is 0 Å². The molecule has 0 aromatic heterocycles. The van der Waals surface area contributed by atoms with Crippen LogP contribution in [0.3, 0.4) is 0 Å². The summed E-state index contributed by atoms with van der Waals surface area (Å²) in [5, 5.41) is 9.00. The molecule has 18 heavy (non-hydrogen) atoms. The van der Waals surface area contributed by atoms with E-state index in [2.05, 4.69) is 0 Å². The van der Waals surface area contributed by atoms with Crippen molar-refractivity contribution in [2.45, 2.75) is 15.8 Å². The largest absolute Gasteiger partial charge is 0.394 e. The number of sulfone groups is 2. The summed E-state index contributed by atoms with van der Waals surface area (Å²) in [7, 11) is -7.47. The number of rotatable bonds is 4. The summed E-state index contributed by atoms with van der Waals surface area (Å²) in [5.74, 6) is 0. The summed E-state index contributed by atoms with van der Waals surface area (Å²) in [6, 6.07) is 3.05. The SMILES string of the molecule is CS(=O)(=O)c1cccc(C(N)CO)c1S(C)(=O)=O. The summed E-state index contributed by atoms with van der Waals surface area (Å²) in [6.07, 6.45) is 1.83. The van der Waals surface area contributed by atoms with Gasteiger partial charge in [-0.2, -0.15) is 0 Å². The molecule has 0 amide bonds. The van der Waals surface area contributed by atoms with E-state index in [1.54, 1.807) is 0 Å². The Balaban J connectivity index is 3.78. The Hall–Kier alpha value is -0.960. The maximum atomic E-state index is 11.7. The van der Waals surface area contributed by atoms with E-state index in [0.29, 0.717) is 0 Å². The van der Waals surface area contributed by atoms with Crippen molar-refractivity contribution in [3.8, 4) is 0 Å². The minimum absolute atomic E-state index is 0.0999. The molecule has 0 aliphatic rings. The lowest BCUT2D eigenvalue weighted by Crippen LogP contribution is -2.20. The second-order valence-corrected chi connectivity index (χ2v) is 7.94. The molecule has 8 heteroatoms. The van der Waals surface area contributed by atoms with E-state index in [1.807, 2.05) is 0 Å². The molecule has 3 N–H and O–H groups in total. The highest BCUT2D eigenvalue weighted by Gasteiger charge is 2.26. The highest BCUT2D eigenvalue weighted by atomic mass is 32.2. The fraction of sp³-hybridized carbons (Fsp3) is 0.400. The van der Waals surface area contributed by atoms with Gasteiger partial charge < -0.3 is 10.8 Å². The van der Waals surface area contributed by atoms with Crippen LogP contribution < -0.4 is 5.73 Å². The third-order valence-electron chi connectivity index (χ3n) is 2.38. The Morgan fingerprint density at radius 3 is 2.11 bits per heavy atom. The molecule has 0 aliphatic carbocycles. The molecule has 6 nitrogen and oxygen atoms in total. The third kappa shape index (κ3) is 3.08. The lowest BCUT2D eigenvalue weighted by Gasteiger charge is -2.16. The van der Waals surface area contributed by atoms with Crippen molar-refractivity contribution in [2.75, 3.05) is 19.1 Å². The van der Waals surface area contributed by atoms with Crippen molar-refractivity contribution < 1.29 is 21.9 Å². The van der Waals surface area contributed by atoms with E-state index in [-0.39, 0.29) is 15.4 Å². The summed E-state index contributed by atoms with van der Waals surface area (Å²) >= 11 is 0. The van der Waals surface area contributed by atoms with Crippen LogP contribution in [0.25, 0.3) is 0 Å². The lowest BCUT2D eigenvalue weighted by molar-refractivity contribution is 0.266. The maximum Gasteiger partial charge on any atom is 0.177 e. The van der Waals surface area contributed by atoms with Crippen LogP contribution in [0.15, 0.2) is 28.0 Å². The molecule has 0 radical (unpaired) electrons. The van der Waals surface area contributed by atoms with Gasteiger partial charge in [-0.25, -0.2) is 16.8 Å². The predicted octanol–water partition coefficient (Wildman–Crippen LogP) is -0.514. The van der Waals surface area contributed by atoms with Crippen molar-refractivity contribution in [2.24, 2.45) is 5.73 Å². The zero-order valence-corrected chi connectivity index (χ0v) is 11.6. The molecule has 0 fully saturated rings. The van der Waals surface area contributed by atoms with Crippen LogP contribution in [0.1, 0.15) is 11.6 Å². The quantitative estimate of drug-likeness (QED) is 0.772. The average molecular weight is 293 g/mol. The van der Waals surface area contributed by atoms with E-state index in [9.17, 15) is 16.8 Å². The second kappa shape index (κ2) is 4.96. The van der Waals surface area contributed by atoms with Crippen LogP contribution in [0.5, 0.6) is 0 Å². The fourth-order valence-corrected chi connectivity index (χ4v) is 4.38. The third-order valence-corrected chi connectivity index (χ3v) is 4.84. The van der Waals surface area contributed by atoms with Crippen LogP contribution in [-0.2, 0) is 19.7 Å². The Morgan fingerprint density at radius 2 is 1.72 bits per heavy atom. The number of hydrogen-bond donors (Lipinski definition) is 2. The van der Waals surface area contributed by atoms with Crippen molar-refractivity contribution in [3.05, 3.63) is 23.8 Å². The van der Waals surface area contributed by atoms with Gasteiger partial charge in [0.15, 0.2) is 19.7 Å².